The zero-order chi connectivity index (χ0) is 19.2. The molecule has 0 spiro atoms. The van der Waals surface area contributed by atoms with Gasteiger partial charge in [-0.3, -0.25) is 0 Å². The normalized spacial score (nSPS) is 14.9. The summed E-state index contributed by atoms with van der Waals surface area (Å²) < 4.78 is 1.24. The molecule has 0 unspecified atom stereocenters. The molecule has 1 fully saturated rings. The van der Waals surface area contributed by atoms with Crippen molar-refractivity contribution in [1.29, 1.82) is 0 Å². The average Bonchev–Trinajstić information content (AvgIpc) is 3.18. The zero-order valence-corrected chi connectivity index (χ0v) is 16.8. The predicted octanol–water partition coefficient (Wildman–Crippen LogP) is 4.05. The van der Waals surface area contributed by atoms with Gasteiger partial charge >= 0.3 is 6.03 Å². The van der Waals surface area contributed by atoms with Crippen molar-refractivity contribution in [3.05, 3.63) is 60.2 Å². The highest BCUT2D eigenvalue weighted by molar-refractivity contribution is 7.22. The number of para-hydroxylation sites is 1. The van der Waals surface area contributed by atoms with Crippen LogP contribution in [0.5, 0.6) is 0 Å². The molecule has 28 heavy (non-hydrogen) atoms. The summed E-state index contributed by atoms with van der Waals surface area (Å²) in [6.07, 6.45) is 3.02. The Kier molecular flexibility index (Phi) is 6.07. The number of benzene rings is 2. The van der Waals surface area contributed by atoms with E-state index in [4.69, 9.17) is 4.98 Å². The van der Waals surface area contributed by atoms with Crippen LogP contribution in [0.1, 0.15) is 18.4 Å². The number of nitrogens with one attached hydrogen (secondary N) is 2. The van der Waals surface area contributed by atoms with Crippen LogP contribution in [-0.2, 0) is 6.42 Å². The van der Waals surface area contributed by atoms with Crippen LogP contribution >= 0.6 is 11.3 Å². The maximum Gasteiger partial charge on any atom is 0.314 e. The Labute approximate surface area is 169 Å². The first-order chi connectivity index (χ1) is 13.8. The fraction of sp³-hybridized carbons (Fsp3) is 0.364. The van der Waals surface area contributed by atoms with Gasteiger partial charge in [-0.25, -0.2) is 9.78 Å². The number of hydrogen-bond donors (Lipinski definition) is 2. The summed E-state index contributed by atoms with van der Waals surface area (Å²) in [5.41, 5.74) is 2.32. The number of hydrogen-bond acceptors (Lipinski definition) is 4. The Morgan fingerprint density at radius 3 is 2.57 bits per heavy atom. The van der Waals surface area contributed by atoms with Crippen molar-refractivity contribution < 1.29 is 4.79 Å². The van der Waals surface area contributed by atoms with Crippen molar-refractivity contribution in [3.63, 3.8) is 0 Å². The lowest BCUT2D eigenvalue weighted by molar-refractivity contribution is 0.237. The van der Waals surface area contributed by atoms with Gasteiger partial charge in [0.05, 0.1) is 10.2 Å². The van der Waals surface area contributed by atoms with Crippen LogP contribution in [0.3, 0.4) is 0 Å². The van der Waals surface area contributed by atoms with E-state index in [2.05, 4.69) is 45.9 Å². The molecule has 0 atom stereocenters. The molecule has 1 aliphatic rings. The smallest absolute Gasteiger partial charge is 0.314 e. The molecule has 0 aliphatic carbocycles. The number of urea groups is 1. The van der Waals surface area contributed by atoms with E-state index in [0.29, 0.717) is 12.5 Å². The first-order valence-electron chi connectivity index (χ1n) is 9.94. The van der Waals surface area contributed by atoms with Gasteiger partial charge in [0.2, 0.25) is 0 Å². The minimum Gasteiger partial charge on any atom is -0.348 e. The van der Waals surface area contributed by atoms with Gasteiger partial charge in [-0.1, -0.05) is 53.8 Å². The largest absolute Gasteiger partial charge is 0.348 e. The molecule has 4 rings (SSSR count). The number of anilines is 1. The first kappa shape index (κ1) is 18.7. The Morgan fingerprint density at radius 1 is 1.04 bits per heavy atom. The monoisotopic (exact) mass is 394 g/mol. The van der Waals surface area contributed by atoms with Gasteiger partial charge < -0.3 is 15.5 Å². The number of nitrogens with zero attached hydrogens (tertiary/aromatic N) is 2. The molecular weight excluding hydrogens is 368 g/mol. The molecule has 2 amide bonds. The maximum atomic E-state index is 12.0. The van der Waals surface area contributed by atoms with E-state index in [-0.39, 0.29) is 6.03 Å². The molecule has 2 heterocycles. The molecule has 0 saturated carbocycles. The minimum absolute atomic E-state index is 0.0652. The van der Waals surface area contributed by atoms with Gasteiger partial charge in [0.25, 0.3) is 0 Å². The van der Waals surface area contributed by atoms with E-state index in [1.54, 1.807) is 11.3 Å². The maximum absolute atomic E-state index is 12.0. The summed E-state index contributed by atoms with van der Waals surface area (Å²) in [6, 6.07) is 18.5. The molecular formula is C22H26N4OS. The first-order valence-corrected chi connectivity index (χ1v) is 10.8. The van der Waals surface area contributed by atoms with Crippen molar-refractivity contribution in [2.24, 2.45) is 5.92 Å². The minimum atomic E-state index is -0.0652. The summed E-state index contributed by atoms with van der Waals surface area (Å²) in [5.74, 6) is 0.533. The van der Waals surface area contributed by atoms with E-state index in [0.717, 1.165) is 49.5 Å². The van der Waals surface area contributed by atoms with Gasteiger partial charge in [0.1, 0.15) is 0 Å². The second kappa shape index (κ2) is 9.06. The summed E-state index contributed by atoms with van der Waals surface area (Å²) in [4.78, 5) is 19.2. The van der Waals surface area contributed by atoms with E-state index in [9.17, 15) is 4.79 Å². The van der Waals surface area contributed by atoms with Crippen LogP contribution in [0.25, 0.3) is 10.2 Å². The van der Waals surface area contributed by atoms with Crippen LogP contribution in [0.15, 0.2) is 54.6 Å². The number of carbonyl (C=O) groups is 1. The molecule has 1 saturated heterocycles. The van der Waals surface area contributed by atoms with E-state index < -0.39 is 0 Å². The summed E-state index contributed by atoms with van der Waals surface area (Å²) in [6.45, 7) is 3.40. The molecule has 1 aliphatic heterocycles. The van der Waals surface area contributed by atoms with Crippen LogP contribution in [0.4, 0.5) is 9.93 Å². The quantitative estimate of drug-likeness (QED) is 0.663. The van der Waals surface area contributed by atoms with Gasteiger partial charge in [-0.2, -0.15) is 0 Å². The second-order valence-corrected chi connectivity index (χ2v) is 8.28. The van der Waals surface area contributed by atoms with Gasteiger partial charge in [-0.15, -0.1) is 0 Å². The Balaban J connectivity index is 1.16. The molecule has 6 heteroatoms. The topological polar surface area (TPSA) is 57.3 Å². The van der Waals surface area contributed by atoms with Crippen molar-refractivity contribution in [2.45, 2.75) is 19.3 Å². The van der Waals surface area contributed by atoms with E-state index >= 15 is 0 Å². The SMILES string of the molecule is O=C(NCCc1ccccc1)NCC1CCN(c2nc3ccccc3s2)CC1. The highest BCUT2D eigenvalue weighted by Gasteiger charge is 2.22. The standard InChI is InChI=1S/C22H26N4OS/c27-21(23-13-10-17-6-2-1-3-7-17)24-16-18-11-14-26(15-12-18)22-25-19-8-4-5-9-20(19)28-22/h1-9,18H,10-16H2,(H2,23,24,27). The molecule has 146 valence electrons. The number of aromatic nitrogens is 1. The van der Waals surface area contributed by atoms with E-state index in [1.165, 1.54) is 10.3 Å². The van der Waals surface area contributed by atoms with Gasteiger partial charge in [0.15, 0.2) is 5.13 Å². The highest BCUT2D eigenvalue weighted by Crippen LogP contribution is 2.31. The Morgan fingerprint density at radius 2 is 1.79 bits per heavy atom. The van der Waals surface area contributed by atoms with Crippen molar-refractivity contribution in [1.82, 2.24) is 15.6 Å². The molecule has 1 aromatic heterocycles. The Bertz CT molecular complexity index is 870. The molecule has 2 aromatic carbocycles. The third kappa shape index (κ3) is 4.81. The number of piperidine rings is 1. The highest BCUT2D eigenvalue weighted by atomic mass is 32.1. The molecule has 5 nitrogen and oxygen atoms in total. The average molecular weight is 395 g/mol. The Hall–Kier alpha value is -2.60. The molecule has 2 N–H and O–H groups in total. The van der Waals surface area contributed by atoms with Crippen molar-refractivity contribution in [2.75, 3.05) is 31.1 Å². The number of rotatable bonds is 6. The summed E-state index contributed by atoms with van der Waals surface area (Å²) >= 11 is 1.77. The van der Waals surface area contributed by atoms with Crippen molar-refractivity contribution in [3.8, 4) is 0 Å². The third-order valence-corrected chi connectivity index (χ3v) is 6.36. The lowest BCUT2D eigenvalue weighted by Crippen LogP contribution is -2.42. The lowest BCUT2D eigenvalue weighted by atomic mass is 9.97. The fourth-order valence-corrected chi connectivity index (χ4v) is 4.61. The fourth-order valence-electron chi connectivity index (χ4n) is 3.59. The zero-order valence-electron chi connectivity index (χ0n) is 15.9. The number of amides is 2. The van der Waals surface area contributed by atoms with Crippen LogP contribution in [0.2, 0.25) is 0 Å². The number of thiazole rings is 1. The van der Waals surface area contributed by atoms with Crippen LogP contribution < -0.4 is 15.5 Å². The summed E-state index contributed by atoms with van der Waals surface area (Å²) in [7, 11) is 0. The number of fused-ring (bicyclic) bond motifs is 1. The second-order valence-electron chi connectivity index (χ2n) is 7.27. The van der Waals surface area contributed by atoms with Gasteiger partial charge in [0, 0.05) is 26.2 Å². The van der Waals surface area contributed by atoms with Gasteiger partial charge in [-0.05, 0) is 42.9 Å². The number of carbonyl (C=O) groups excluding carboxylic acids is 1. The molecule has 0 bridgehead atoms. The lowest BCUT2D eigenvalue weighted by Gasteiger charge is -2.31. The van der Waals surface area contributed by atoms with E-state index in [1.807, 2.05) is 24.3 Å². The third-order valence-electron chi connectivity index (χ3n) is 5.26. The van der Waals surface area contributed by atoms with Crippen molar-refractivity contribution >= 4 is 32.7 Å². The summed E-state index contributed by atoms with van der Waals surface area (Å²) in [5, 5.41) is 7.10. The molecule has 0 radical (unpaired) electrons. The van der Waals surface area contributed by atoms with Crippen LogP contribution in [0, 0.1) is 5.92 Å². The predicted molar refractivity (Wildman–Crippen MR) is 116 cm³/mol. The van der Waals surface area contributed by atoms with Crippen LogP contribution in [-0.4, -0.2) is 37.2 Å². The molecule has 3 aromatic rings.